The van der Waals surface area contributed by atoms with Crippen LogP contribution >= 0.6 is 0 Å². The lowest BCUT2D eigenvalue weighted by molar-refractivity contribution is 0.745. The Bertz CT molecular complexity index is 1480. The van der Waals surface area contributed by atoms with E-state index in [1.165, 1.54) is 7.05 Å². The normalized spacial score (nSPS) is 15.5. The predicted molar refractivity (Wildman–Crippen MR) is 115 cm³/mol. The van der Waals surface area contributed by atoms with Gasteiger partial charge in [0.05, 0.1) is 28.8 Å². The number of aromatic amines is 2. The molecule has 0 saturated heterocycles. The van der Waals surface area contributed by atoms with Crippen molar-refractivity contribution >= 4 is 22.4 Å². The van der Waals surface area contributed by atoms with Crippen LogP contribution in [0.5, 0.6) is 0 Å². The van der Waals surface area contributed by atoms with Crippen LogP contribution in [0.3, 0.4) is 0 Å². The highest BCUT2D eigenvalue weighted by atomic mass is 16.2. The maximum atomic E-state index is 13.0. The zero-order valence-corrected chi connectivity index (χ0v) is 16.1. The Balaban J connectivity index is 1.87. The fraction of sp³-hybridized carbons (Fsp3) is 0.0870. The standard InChI is InChI=1S/C23H17N5O2/c1-28-22(29)19-18(13-7-3-2-4-8-13)15(11-24)20(26-21(19)27-23(28)30)16-12-25-17-10-6-5-9-14(16)17/h2-10,12,18,25-26H,1H3,(H,27,30). The van der Waals surface area contributed by atoms with E-state index in [-0.39, 0.29) is 0 Å². The molecule has 5 rings (SSSR count). The molecule has 0 fully saturated rings. The van der Waals surface area contributed by atoms with Crippen LogP contribution in [0.15, 0.2) is 76.0 Å². The highest BCUT2D eigenvalue weighted by molar-refractivity contribution is 5.98. The number of H-pyrrole nitrogens is 2. The average Bonchev–Trinajstić information content (AvgIpc) is 3.21. The summed E-state index contributed by atoms with van der Waals surface area (Å²) in [6, 6.07) is 19.5. The van der Waals surface area contributed by atoms with Crippen LogP contribution in [-0.2, 0) is 7.05 Å². The molecule has 7 nitrogen and oxygen atoms in total. The zero-order chi connectivity index (χ0) is 20.8. The quantitative estimate of drug-likeness (QED) is 0.485. The molecular weight excluding hydrogens is 378 g/mol. The highest BCUT2D eigenvalue weighted by Gasteiger charge is 2.34. The summed E-state index contributed by atoms with van der Waals surface area (Å²) in [6.07, 6.45) is 1.83. The number of allylic oxidation sites excluding steroid dienone is 1. The van der Waals surface area contributed by atoms with Crippen LogP contribution in [0, 0.1) is 11.3 Å². The lowest BCUT2D eigenvalue weighted by Crippen LogP contribution is -2.39. The Hall–Kier alpha value is -4.31. The number of para-hydroxylation sites is 1. The molecule has 4 aromatic rings. The van der Waals surface area contributed by atoms with Gasteiger partial charge in [0.2, 0.25) is 0 Å². The summed E-state index contributed by atoms with van der Waals surface area (Å²) < 4.78 is 1.03. The number of nitrogens with one attached hydrogen (secondary N) is 3. The summed E-state index contributed by atoms with van der Waals surface area (Å²) in [5.74, 6) is -0.289. The molecule has 1 atom stereocenters. The van der Waals surface area contributed by atoms with Gasteiger partial charge in [-0.25, -0.2) is 4.79 Å². The van der Waals surface area contributed by atoms with Crippen molar-refractivity contribution in [2.24, 2.45) is 7.05 Å². The molecule has 3 N–H and O–H groups in total. The number of benzene rings is 2. The topological polar surface area (TPSA) is 106 Å². The Morgan fingerprint density at radius 1 is 1.03 bits per heavy atom. The van der Waals surface area contributed by atoms with Crippen LogP contribution < -0.4 is 16.6 Å². The smallest absolute Gasteiger partial charge is 0.329 e. The third-order valence-electron chi connectivity index (χ3n) is 5.55. The molecular formula is C23H17N5O2. The molecule has 7 heteroatoms. The van der Waals surface area contributed by atoms with Crippen molar-refractivity contribution < 1.29 is 0 Å². The number of hydrogen-bond acceptors (Lipinski definition) is 4. The second-order valence-electron chi connectivity index (χ2n) is 7.20. The summed E-state index contributed by atoms with van der Waals surface area (Å²) in [6.45, 7) is 0. The fourth-order valence-electron chi connectivity index (χ4n) is 4.08. The number of anilines is 1. The summed E-state index contributed by atoms with van der Waals surface area (Å²) in [7, 11) is 1.43. The maximum absolute atomic E-state index is 13.0. The van der Waals surface area contributed by atoms with Gasteiger partial charge >= 0.3 is 5.69 Å². The van der Waals surface area contributed by atoms with E-state index in [1.807, 2.05) is 60.8 Å². The van der Waals surface area contributed by atoms with E-state index in [1.54, 1.807) is 0 Å². The highest BCUT2D eigenvalue weighted by Crippen LogP contribution is 2.42. The van der Waals surface area contributed by atoms with Crippen LogP contribution in [0.4, 0.5) is 5.82 Å². The largest absolute Gasteiger partial charge is 0.360 e. The Labute approximate surface area is 170 Å². The zero-order valence-electron chi connectivity index (χ0n) is 16.1. The number of fused-ring (bicyclic) bond motifs is 2. The Morgan fingerprint density at radius 2 is 1.77 bits per heavy atom. The third-order valence-corrected chi connectivity index (χ3v) is 5.55. The predicted octanol–water partition coefficient (Wildman–Crippen LogP) is 3.05. The second-order valence-corrected chi connectivity index (χ2v) is 7.20. The first-order chi connectivity index (χ1) is 14.6. The number of aromatic nitrogens is 3. The van der Waals surface area contributed by atoms with Crippen LogP contribution in [0.25, 0.3) is 16.6 Å². The number of nitrogens with zero attached hydrogens (tertiary/aromatic N) is 2. The van der Waals surface area contributed by atoms with Crippen molar-refractivity contribution in [3.8, 4) is 6.07 Å². The van der Waals surface area contributed by atoms with Gasteiger partial charge in [-0.2, -0.15) is 5.26 Å². The Morgan fingerprint density at radius 3 is 2.53 bits per heavy atom. The van der Waals surface area contributed by atoms with Gasteiger partial charge < -0.3 is 10.3 Å². The second kappa shape index (κ2) is 6.64. The minimum absolute atomic E-state index is 0.316. The molecule has 3 heterocycles. The molecule has 0 spiro atoms. The van der Waals surface area contributed by atoms with Gasteiger partial charge in [-0.15, -0.1) is 0 Å². The lowest BCUT2D eigenvalue weighted by Gasteiger charge is -2.28. The van der Waals surface area contributed by atoms with Crippen molar-refractivity contribution in [2.75, 3.05) is 5.32 Å². The first-order valence-corrected chi connectivity index (χ1v) is 9.46. The Kier molecular flexibility index (Phi) is 3.93. The van der Waals surface area contributed by atoms with Crippen LogP contribution in [-0.4, -0.2) is 14.5 Å². The van der Waals surface area contributed by atoms with E-state index < -0.39 is 17.2 Å². The molecule has 1 aliphatic rings. The van der Waals surface area contributed by atoms with Gasteiger partial charge in [0, 0.05) is 29.7 Å². The van der Waals surface area contributed by atoms with E-state index in [9.17, 15) is 14.9 Å². The molecule has 2 aromatic heterocycles. The number of nitriles is 1. The molecule has 30 heavy (non-hydrogen) atoms. The molecule has 0 saturated carbocycles. The van der Waals surface area contributed by atoms with Gasteiger partial charge in [-0.1, -0.05) is 48.5 Å². The summed E-state index contributed by atoms with van der Waals surface area (Å²) in [5, 5.41) is 14.3. The van der Waals surface area contributed by atoms with Crippen molar-refractivity contribution in [3.63, 3.8) is 0 Å². The molecule has 1 unspecified atom stereocenters. The van der Waals surface area contributed by atoms with Crippen molar-refractivity contribution in [3.05, 3.63) is 104 Å². The number of hydrogen-bond donors (Lipinski definition) is 3. The van der Waals surface area contributed by atoms with Gasteiger partial charge in [-0.3, -0.25) is 14.3 Å². The molecule has 146 valence electrons. The van der Waals surface area contributed by atoms with Crippen molar-refractivity contribution in [2.45, 2.75) is 5.92 Å². The van der Waals surface area contributed by atoms with E-state index in [0.29, 0.717) is 22.7 Å². The minimum Gasteiger partial charge on any atom is -0.360 e. The van der Waals surface area contributed by atoms with E-state index >= 15 is 0 Å². The molecule has 0 radical (unpaired) electrons. The average molecular weight is 395 g/mol. The maximum Gasteiger partial charge on any atom is 0.329 e. The van der Waals surface area contributed by atoms with Gasteiger partial charge in [-0.05, 0) is 11.6 Å². The monoisotopic (exact) mass is 395 g/mol. The minimum atomic E-state index is -0.605. The van der Waals surface area contributed by atoms with E-state index in [0.717, 1.165) is 26.6 Å². The third kappa shape index (κ3) is 2.51. The fourth-order valence-corrected chi connectivity index (χ4v) is 4.08. The van der Waals surface area contributed by atoms with Gasteiger partial charge in [0.1, 0.15) is 5.82 Å². The lowest BCUT2D eigenvalue weighted by atomic mass is 9.81. The van der Waals surface area contributed by atoms with Gasteiger partial charge in [0.15, 0.2) is 0 Å². The van der Waals surface area contributed by atoms with Crippen molar-refractivity contribution in [1.29, 1.82) is 5.26 Å². The molecule has 1 aliphatic heterocycles. The molecule has 0 amide bonds. The van der Waals surface area contributed by atoms with Crippen LogP contribution in [0.1, 0.15) is 22.6 Å². The van der Waals surface area contributed by atoms with E-state index in [2.05, 4.69) is 21.4 Å². The van der Waals surface area contributed by atoms with E-state index in [4.69, 9.17) is 0 Å². The first-order valence-electron chi connectivity index (χ1n) is 9.46. The summed E-state index contributed by atoms with van der Waals surface area (Å²) >= 11 is 0. The number of rotatable bonds is 2. The van der Waals surface area contributed by atoms with Crippen LogP contribution in [0.2, 0.25) is 0 Å². The molecule has 0 bridgehead atoms. The first kappa shape index (κ1) is 17.8. The van der Waals surface area contributed by atoms with Crippen molar-refractivity contribution in [1.82, 2.24) is 14.5 Å². The molecule has 0 aliphatic carbocycles. The summed E-state index contributed by atoms with van der Waals surface area (Å²) in [5.41, 5.74) is 2.93. The SMILES string of the molecule is Cn1c(=O)[nH]c2c(c1=O)C(c1ccccc1)C(C#N)=C(c1c[nH]c3ccccc13)N2. The van der Waals surface area contributed by atoms with Gasteiger partial charge in [0.25, 0.3) is 5.56 Å². The summed E-state index contributed by atoms with van der Waals surface area (Å²) in [4.78, 5) is 31.3. The molecule has 2 aromatic carbocycles.